The van der Waals surface area contributed by atoms with Gasteiger partial charge in [-0.1, -0.05) is 23.2 Å². The summed E-state index contributed by atoms with van der Waals surface area (Å²) in [5, 5.41) is 3.59. The largest absolute Gasteiger partial charge is 0.369 e. The predicted octanol–water partition coefficient (Wildman–Crippen LogP) is 5.13. The number of primary amides is 1. The molecule has 1 amide bonds. The first-order chi connectivity index (χ1) is 13.2. The van der Waals surface area contributed by atoms with Crippen LogP contribution in [0.15, 0.2) is 12.1 Å². The third-order valence-corrected chi connectivity index (χ3v) is 8.61. The molecule has 1 aromatic carbocycles. The van der Waals surface area contributed by atoms with Gasteiger partial charge in [0.15, 0.2) is 0 Å². The molecule has 28 heavy (non-hydrogen) atoms. The molecule has 0 spiro atoms. The fourth-order valence-electron chi connectivity index (χ4n) is 6.50. The van der Waals surface area contributed by atoms with Crippen LogP contribution in [0.1, 0.15) is 62.8 Å². The molecule has 2 unspecified atom stereocenters. The highest BCUT2D eigenvalue weighted by molar-refractivity contribution is 6.42. The Balaban J connectivity index is 1.94. The lowest BCUT2D eigenvalue weighted by molar-refractivity contribution is -0.131. The van der Waals surface area contributed by atoms with Crippen molar-refractivity contribution >= 4 is 29.1 Å². The normalized spacial score (nSPS) is 38.1. The summed E-state index contributed by atoms with van der Waals surface area (Å²) < 4.78 is 30.4. The molecule has 2 bridgehead atoms. The van der Waals surface area contributed by atoms with Crippen LogP contribution in [0.4, 0.5) is 8.78 Å². The van der Waals surface area contributed by atoms with Crippen molar-refractivity contribution in [3.63, 3.8) is 0 Å². The van der Waals surface area contributed by atoms with Crippen molar-refractivity contribution in [2.75, 3.05) is 7.05 Å². The summed E-state index contributed by atoms with van der Waals surface area (Å²) in [6, 6.07) is 2.81. The quantitative estimate of drug-likeness (QED) is 0.635. The fourth-order valence-corrected chi connectivity index (χ4v) is 6.92. The molecule has 3 N–H and O–H groups in total. The van der Waals surface area contributed by atoms with Crippen LogP contribution in [0.3, 0.4) is 0 Å². The smallest absolute Gasteiger partial charge is 0.224 e. The van der Waals surface area contributed by atoms with E-state index >= 15 is 8.78 Å². The summed E-state index contributed by atoms with van der Waals surface area (Å²) in [4.78, 5) is 12.9. The van der Waals surface area contributed by atoms with Gasteiger partial charge in [-0.3, -0.25) is 4.79 Å². The van der Waals surface area contributed by atoms with Gasteiger partial charge in [0.05, 0.1) is 15.5 Å². The number of nitrogens with two attached hydrogens (primary N) is 1. The first-order valence-electron chi connectivity index (χ1n) is 9.96. The van der Waals surface area contributed by atoms with E-state index in [1.54, 1.807) is 0 Å². The topological polar surface area (TPSA) is 55.1 Å². The van der Waals surface area contributed by atoms with E-state index < -0.39 is 34.1 Å². The Morgan fingerprint density at radius 2 is 1.93 bits per heavy atom. The van der Waals surface area contributed by atoms with Crippen molar-refractivity contribution in [1.29, 1.82) is 0 Å². The summed E-state index contributed by atoms with van der Waals surface area (Å²) in [5.41, 5.74) is 3.50. The minimum atomic E-state index is -1.24. The van der Waals surface area contributed by atoms with Gasteiger partial charge < -0.3 is 11.1 Å². The van der Waals surface area contributed by atoms with E-state index in [9.17, 15) is 4.79 Å². The average Bonchev–Trinajstić information content (AvgIpc) is 3.33. The zero-order chi connectivity index (χ0) is 20.3. The maximum atomic E-state index is 15.2. The van der Waals surface area contributed by atoms with Gasteiger partial charge >= 0.3 is 0 Å². The van der Waals surface area contributed by atoms with Gasteiger partial charge in [0, 0.05) is 17.5 Å². The highest BCUT2D eigenvalue weighted by Crippen LogP contribution is 2.70. The second kappa shape index (κ2) is 6.82. The summed E-state index contributed by atoms with van der Waals surface area (Å²) in [6.07, 6.45) is 4.19. The molecule has 3 fully saturated rings. The molecule has 3 nitrogen and oxygen atoms in total. The van der Waals surface area contributed by atoms with Gasteiger partial charge in [0.2, 0.25) is 5.91 Å². The summed E-state index contributed by atoms with van der Waals surface area (Å²) in [6.45, 7) is 0. The third kappa shape index (κ3) is 2.88. The van der Waals surface area contributed by atoms with Crippen LogP contribution in [0.5, 0.6) is 0 Å². The first-order valence-corrected chi connectivity index (χ1v) is 10.7. The molecule has 4 rings (SSSR count). The van der Waals surface area contributed by atoms with Crippen molar-refractivity contribution in [1.82, 2.24) is 5.32 Å². The van der Waals surface area contributed by atoms with Crippen LogP contribution < -0.4 is 11.1 Å². The molecule has 1 aromatic rings. The number of fused-ring (bicyclic) bond motifs is 2. The van der Waals surface area contributed by atoms with Gasteiger partial charge in [-0.15, -0.1) is 0 Å². The lowest BCUT2D eigenvalue weighted by atomic mass is 9.56. The van der Waals surface area contributed by atoms with E-state index in [1.165, 1.54) is 12.1 Å². The molecule has 0 heterocycles. The molecular weight excluding hydrogens is 405 g/mol. The molecule has 0 aromatic heterocycles. The van der Waals surface area contributed by atoms with Gasteiger partial charge in [-0.05, 0) is 76.0 Å². The number of benzene rings is 1. The van der Waals surface area contributed by atoms with Gasteiger partial charge in [-0.25, -0.2) is 8.78 Å². The second-order valence-electron chi connectivity index (χ2n) is 9.13. The van der Waals surface area contributed by atoms with Crippen LogP contribution in [0.25, 0.3) is 0 Å². The molecule has 7 heteroatoms. The molecule has 3 saturated carbocycles. The highest BCUT2D eigenvalue weighted by Gasteiger charge is 2.65. The monoisotopic (exact) mass is 430 g/mol. The lowest BCUT2D eigenvalue weighted by Gasteiger charge is -2.46. The number of alkyl halides is 1. The number of halogens is 4. The Hall–Kier alpha value is -0.910. The Morgan fingerprint density at radius 3 is 2.43 bits per heavy atom. The maximum Gasteiger partial charge on any atom is 0.224 e. The summed E-state index contributed by atoms with van der Waals surface area (Å²) in [7, 11) is 1.85. The minimum Gasteiger partial charge on any atom is -0.369 e. The van der Waals surface area contributed by atoms with E-state index in [0.29, 0.717) is 44.9 Å². The zero-order valence-corrected chi connectivity index (χ0v) is 17.5. The number of carbonyl (C=O) groups excluding carboxylic acids is 1. The van der Waals surface area contributed by atoms with Crippen LogP contribution >= 0.6 is 23.2 Å². The predicted molar refractivity (Wildman–Crippen MR) is 107 cm³/mol. The second-order valence-corrected chi connectivity index (χ2v) is 9.91. The van der Waals surface area contributed by atoms with E-state index in [1.807, 2.05) is 7.05 Å². The maximum absolute atomic E-state index is 15.2. The molecule has 0 saturated heterocycles. The Bertz CT molecular complexity index is 810. The summed E-state index contributed by atoms with van der Waals surface area (Å²) in [5.74, 6) is -1.53. The molecule has 3 aliphatic rings. The van der Waals surface area contributed by atoms with E-state index in [2.05, 4.69) is 5.32 Å². The molecule has 0 aliphatic heterocycles. The zero-order valence-electron chi connectivity index (χ0n) is 16.0. The highest BCUT2D eigenvalue weighted by atomic mass is 35.5. The molecule has 3 aliphatic carbocycles. The molecule has 3 atom stereocenters. The van der Waals surface area contributed by atoms with Crippen LogP contribution in [0, 0.1) is 16.6 Å². The van der Waals surface area contributed by atoms with E-state index in [0.717, 1.165) is 6.42 Å². The van der Waals surface area contributed by atoms with Crippen molar-refractivity contribution in [2.24, 2.45) is 16.6 Å². The molecule has 0 radical (unpaired) electrons. The van der Waals surface area contributed by atoms with E-state index in [4.69, 9.17) is 28.9 Å². The van der Waals surface area contributed by atoms with Crippen molar-refractivity contribution in [2.45, 2.75) is 69.0 Å². The van der Waals surface area contributed by atoms with Gasteiger partial charge in [-0.2, -0.15) is 0 Å². The van der Waals surface area contributed by atoms with Crippen molar-refractivity contribution in [3.05, 3.63) is 33.6 Å². The summed E-state index contributed by atoms with van der Waals surface area (Å²) >= 11 is 12.8. The standard InChI is InChI=1S/C21H26Cl2F2N2O/c1-27-12-4-5-21(10-12,18(26)28)17(15-14(24)3-2-13(22)16(15)23)19-6-8-20(25,11-19)9-7-19/h2-3,12,17,27H,4-11H2,1H3,(H2,26,28)/t12?,17-,19?,20?,21?/m0/s1. The van der Waals surface area contributed by atoms with Crippen LogP contribution in [-0.4, -0.2) is 24.7 Å². The van der Waals surface area contributed by atoms with Crippen molar-refractivity contribution in [3.8, 4) is 0 Å². The van der Waals surface area contributed by atoms with Crippen LogP contribution in [0.2, 0.25) is 10.0 Å². The number of hydrogen-bond donors (Lipinski definition) is 2. The lowest BCUT2D eigenvalue weighted by Crippen LogP contribution is -2.47. The molecule has 154 valence electrons. The number of nitrogens with one attached hydrogen (secondary N) is 1. The number of carbonyl (C=O) groups is 1. The van der Waals surface area contributed by atoms with Crippen molar-refractivity contribution < 1.29 is 13.6 Å². The Labute approximate surface area is 174 Å². The Kier molecular flexibility index (Phi) is 4.96. The number of hydrogen-bond acceptors (Lipinski definition) is 2. The Morgan fingerprint density at radius 1 is 1.25 bits per heavy atom. The van der Waals surface area contributed by atoms with Crippen LogP contribution in [-0.2, 0) is 4.79 Å². The van der Waals surface area contributed by atoms with Gasteiger partial charge in [0.25, 0.3) is 0 Å². The minimum absolute atomic E-state index is 0.102. The third-order valence-electron chi connectivity index (χ3n) is 7.79. The SMILES string of the molecule is CNC1CCC(C(N)=O)([C@@H](c2c(F)ccc(Cl)c2Cl)C23CCC(F)(CC2)C3)C1. The molecular formula is C21H26Cl2F2N2O. The fraction of sp³-hybridized carbons (Fsp3) is 0.667. The van der Waals surface area contributed by atoms with E-state index in [-0.39, 0.29) is 21.7 Å². The first kappa shape index (κ1) is 20.4. The number of amides is 1. The van der Waals surface area contributed by atoms with Gasteiger partial charge in [0.1, 0.15) is 11.5 Å². The average molecular weight is 431 g/mol. The number of rotatable bonds is 5.